The van der Waals surface area contributed by atoms with Crippen LogP contribution in [0.15, 0.2) is 0 Å². The van der Waals surface area contributed by atoms with E-state index in [2.05, 4.69) is 26.1 Å². The fraction of sp³-hybridized carbons (Fsp3) is 0.938. The van der Waals surface area contributed by atoms with Crippen molar-refractivity contribution in [2.24, 2.45) is 11.3 Å². The van der Waals surface area contributed by atoms with Crippen LogP contribution in [0, 0.1) is 11.3 Å². The van der Waals surface area contributed by atoms with Crippen LogP contribution >= 0.6 is 0 Å². The zero-order chi connectivity index (χ0) is 15.3. The average Bonchev–Trinajstić information content (AvgIpc) is 3.08. The van der Waals surface area contributed by atoms with Gasteiger partial charge in [0.15, 0.2) is 5.79 Å². The zero-order valence-electron chi connectivity index (χ0n) is 13.5. The third-order valence-electron chi connectivity index (χ3n) is 6.24. The van der Waals surface area contributed by atoms with Crippen LogP contribution in [0.5, 0.6) is 0 Å². The molecule has 0 radical (unpaired) electrons. The summed E-state index contributed by atoms with van der Waals surface area (Å²) in [5.74, 6) is -0.751. The first-order valence-electron chi connectivity index (χ1n) is 7.98. The number of amides is 1. The van der Waals surface area contributed by atoms with Crippen LogP contribution < -0.4 is 5.32 Å². The lowest BCUT2D eigenvalue weighted by Crippen LogP contribution is -2.69. The van der Waals surface area contributed by atoms with Gasteiger partial charge < -0.3 is 19.5 Å². The lowest BCUT2D eigenvalue weighted by molar-refractivity contribution is -0.197. The number of methoxy groups -OCH3 is 1. The molecule has 1 heterocycles. The van der Waals surface area contributed by atoms with Crippen molar-refractivity contribution < 1.29 is 19.0 Å². The Hall–Kier alpha value is -0.650. The molecule has 120 valence electrons. The maximum atomic E-state index is 12.7. The first-order chi connectivity index (χ1) is 9.85. The van der Waals surface area contributed by atoms with Crippen LogP contribution in [0.25, 0.3) is 0 Å². The van der Waals surface area contributed by atoms with Crippen molar-refractivity contribution in [1.82, 2.24) is 5.32 Å². The molecule has 0 bridgehead atoms. The Labute approximate surface area is 126 Å². The van der Waals surface area contributed by atoms with Crippen LogP contribution in [0.2, 0.25) is 0 Å². The second kappa shape index (κ2) is 4.93. The van der Waals surface area contributed by atoms with Gasteiger partial charge in [-0.1, -0.05) is 13.8 Å². The summed E-state index contributed by atoms with van der Waals surface area (Å²) in [6.45, 7) is 7.60. The van der Waals surface area contributed by atoms with E-state index in [1.165, 1.54) is 0 Å². The van der Waals surface area contributed by atoms with Crippen LogP contribution in [-0.2, 0) is 19.0 Å². The summed E-state index contributed by atoms with van der Waals surface area (Å²) in [4.78, 5) is 12.7. The Balaban J connectivity index is 1.65. The largest absolute Gasteiger partial charge is 0.378 e. The third-order valence-corrected chi connectivity index (χ3v) is 6.24. The molecule has 0 aromatic heterocycles. The lowest BCUT2D eigenvalue weighted by Gasteiger charge is -2.59. The summed E-state index contributed by atoms with van der Waals surface area (Å²) < 4.78 is 17.2. The van der Waals surface area contributed by atoms with E-state index in [0.717, 1.165) is 25.7 Å². The quantitative estimate of drug-likeness (QED) is 0.864. The topological polar surface area (TPSA) is 56.8 Å². The van der Waals surface area contributed by atoms with Gasteiger partial charge in [-0.2, -0.15) is 0 Å². The normalized spacial score (nSPS) is 40.2. The highest BCUT2D eigenvalue weighted by Crippen LogP contribution is 2.52. The van der Waals surface area contributed by atoms with Gasteiger partial charge in [0.25, 0.3) is 0 Å². The summed E-state index contributed by atoms with van der Waals surface area (Å²) in [6.07, 6.45) is 3.51. The predicted octanol–water partition coefficient (Wildman–Crippen LogP) is 1.85. The Bertz CT molecular complexity index is 424. The molecule has 3 atom stereocenters. The molecular formula is C16H27NO4. The molecule has 2 saturated carbocycles. The molecule has 21 heavy (non-hydrogen) atoms. The van der Waals surface area contributed by atoms with E-state index in [9.17, 15) is 4.79 Å². The fourth-order valence-corrected chi connectivity index (χ4v) is 4.09. The molecule has 1 N–H and O–H groups in total. The van der Waals surface area contributed by atoms with Gasteiger partial charge in [-0.05, 0) is 26.2 Å². The monoisotopic (exact) mass is 297 g/mol. The number of carbonyl (C=O) groups excluding carboxylic acids is 1. The standard InChI is InChI=1S/C16H27NO4/c1-14(2)12(10-15(14,3)19-4)17-13(18)11-6-5-7-16(11)20-8-9-21-16/h11-12H,5-10H2,1-4H3,(H,17,18)/t11-,12+,15-/m1/s1. The highest BCUT2D eigenvalue weighted by atomic mass is 16.7. The molecule has 5 nitrogen and oxygen atoms in total. The number of ether oxygens (including phenoxy) is 3. The zero-order valence-corrected chi connectivity index (χ0v) is 13.5. The van der Waals surface area contributed by atoms with E-state index in [1.807, 2.05) is 0 Å². The first kappa shape index (κ1) is 15.3. The maximum Gasteiger partial charge on any atom is 0.228 e. The molecule has 3 fully saturated rings. The summed E-state index contributed by atoms with van der Waals surface area (Å²) in [5.41, 5.74) is -0.237. The van der Waals surface area contributed by atoms with Crippen LogP contribution in [0.3, 0.4) is 0 Å². The molecule has 1 saturated heterocycles. The van der Waals surface area contributed by atoms with Crippen molar-refractivity contribution in [2.75, 3.05) is 20.3 Å². The minimum absolute atomic E-state index is 0.0689. The van der Waals surface area contributed by atoms with E-state index in [4.69, 9.17) is 14.2 Å². The number of hydrogen-bond donors (Lipinski definition) is 1. The highest BCUT2D eigenvalue weighted by molar-refractivity contribution is 5.80. The number of carbonyl (C=O) groups is 1. The maximum absolute atomic E-state index is 12.7. The van der Waals surface area contributed by atoms with Crippen molar-refractivity contribution in [3.8, 4) is 0 Å². The molecule has 3 rings (SSSR count). The minimum Gasteiger partial charge on any atom is -0.378 e. The van der Waals surface area contributed by atoms with Crippen molar-refractivity contribution in [1.29, 1.82) is 0 Å². The van der Waals surface area contributed by atoms with Gasteiger partial charge in [0, 0.05) is 25.0 Å². The molecule has 1 amide bonds. The highest BCUT2D eigenvalue weighted by Gasteiger charge is 2.59. The van der Waals surface area contributed by atoms with Gasteiger partial charge in [-0.25, -0.2) is 0 Å². The van der Waals surface area contributed by atoms with Gasteiger partial charge in [-0.3, -0.25) is 4.79 Å². The van der Waals surface area contributed by atoms with Crippen molar-refractivity contribution in [3.63, 3.8) is 0 Å². The predicted molar refractivity (Wildman–Crippen MR) is 77.7 cm³/mol. The van der Waals surface area contributed by atoms with E-state index in [1.54, 1.807) is 7.11 Å². The molecule has 0 aromatic rings. The average molecular weight is 297 g/mol. The molecule has 0 unspecified atom stereocenters. The summed E-state index contributed by atoms with van der Waals surface area (Å²) >= 11 is 0. The van der Waals surface area contributed by atoms with E-state index < -0.39 is 5.79 Å². The van der Waals surface area contributed by atoms with Crippen LogP contribution in [-0.4, -0.2) is 43.7 Å². The smallest absolute Gasteiger partial charge is 0.228 e. The molecule has 5 heteroatoms. The SMILES string of the molecule is CO[C@]1(C)C[C@H](NC(=O)[C@H]2CCCC23OCCO3)C1(C)C. The molecule has 3 aliphatic rings. The molecular weight excluding hydrogens is 270 g/mol. The van der Waals surface area contributed by atoms with Gasteiger partial charge >= 0.3 is 0 Å². The number of nitrogens with one attached hydrogen (secondary N) is 1. The Kier molecular flexibility index (Phi) is 3.58. The first-order valence-corrected chi connectivity index (χ1v) is 7.98. The van der Waals surface area contributed by atoms with Gasteiger partial charge in [0.05, 0.1) is 24.7 Å². The summed E-state index contributed by atoms with van der Waals surface area (Å²) in [5, 5.41) is 3.21. The molecule has 1 aliphatic heterocycles. The lowest BCUT2D eigenvalue weighted by atomic mass is 9.55. The third kappa shape index (κ3) is 2.13. The summed E-state index contributed by atoms with van der Waals surface area (Å²) in [6, 6.07) is 0.147. The Morgan fingerprint density at radius 1 is 1.24 bits per heavy atom. The van der Waals surface area contributed by atoms with E-state index in [-0.39, 0.29) is 28.9 Å². The second-order valence-electron chi connectivity index (χ2n) is 7.38. The van der Waals surface area contributed by atoms with Crippen molar-refractivity contribution >= 4 is 5.91 Å². The van der Waals surface area contributed by atoms with Crippen molar-refractivity contribution in [3.05, 3.63) is 0 Å². The molecule has 0 aromatic carbocycles. The molecule has 1 spiro atoms. The second-order valence-corrected chi connectivity index (χ2v) is 7.38. The van der Waals surface area contributed by atoms with E-state index >= 15 is 0 Å². The van der Waals surface area contributed by atoms with Gasteiger partial charge in [0.2, 0.25) is 5.91 Å². The minimum atomic E-state index is -0.650. The summed E-state index contributed by atoms with van der Waals surface area (Å²) in [7, 11) is 1.74. The fourth-order valence-electron chi connectivity index (χ4n) is 4.09. The van der Waals surface area contributed by atoms with Gasteiger partial charge in [-0.15, -0.1) is 0 Å². The number of rotatable bonds is 3. The van der Waals surface area contributed by atoms with Gasteiger partial charge in [0.1, 0.15) is 0 Å². The Morgan fingerprint density at radius 2 is 1.90 bits per heavy atom. The van der Waals surface area contributed by atoms with Crippen LogP contribution in [0.4, 0.5) is 0 Å². The number of hydrogen-bond acceptors (Lipinski definition) is 4. The van der Waals surface area contributed by atoms with Crippen LogP contribution in [0.1, 0.15) is 46.5 Å². The molecule has 2 aliphatic carbocycles. The van der Waals surface area contributed by atoms with Crippen molar-refractivity contribution in [2.45, 2.75) is 63.9 Å². The van der Waals surface area contributed by atoms with E-state index in [0.29, 0.717) is 13.2 Å². The Morgan fingerprint density at radius 3 is 2.48 bits per heavy atom.